The molecule has 6 heteroatoms. The number of likely N-dealkylation sites (N-methyl/N-ethyl adjacent to an activating group) is 1. The molecule has 3 N–H and O–H groups in total. The minimum atomic E-state index is -0.663. The molecule has 19 heavy (non-hydrogen) atoms. The summed E-state index contributed by atoms with van der Waals surface area (Å²) in [5.41, 5.74) is 6.55. The van der Waals surface area contributed by atoms with Crippen molar-refractivity contribution in [3.63, 3.8) is 0 Å². The Bertz CT molecular complexity index is 543. The average Bonchev–Trinajstić information content (AvgIpc) is 2.74. The second-order valence-electron chi connectivity index (χ2n) is 4.48. The van der Waals surface area contributed by atoms with Crippen molar-refractivity contribution < 1.29 is 9.50 Å². The number of nitrogens with two attached hydrogens (primary N) is 1. The van der Waals surface area contributed by atoms with Crippen LogP contribution in [-0.2, 0) is 6.54 Å². The number of nitrogens with zero attached hydrogens (tertiary/aromatic N) is 3. The van der Waals surface area contributed by atoms with Crippen molar-refractivity contribution in [2.45, 2.75) is 12.6 Å². The van der Waals surface area contributed by atoms with E-state index in [-0.39, 0.29) is 5.82 Å². The van der Waals surface area contributed by atoms with Gasteiger partial charge in [-0.25, -0.2) is 4.39 Å². The molecule has 5 nitrogen and oxygen atoms in total. The molecule has 1 atom stereocenters. The van der Waals surface area contributed by atoms with Gasteiger partial charge < -0.3 is 15.7 Å². The molecular formula is C13H17FN4O. The fourth-order valence-corrected chi connectivity index (χ4v) is 1.93. The number of para-hydroxylation sites is 1. The topological polar surface area (TPSA) is 67.3 Å². The average molecular weight is 264 g/mol. The largest absolute Gasteiger partial charge is 0.396 e. The van der Waals surface area contributed by atoms with Gasteiger partial charge in [-0.1, -0.05) is 12.1 Å². The number of rotatable bonds is 5. The van der Waals surface area contributed by atoms with Crippen LogP contribution in [0.5, 0.6) is 0 Å². The number of aliphatic hydroxyl groups is 1. The lowest BCUT2D eigenvalue weighted by Gasteiger charge is -2.23. The van der Waals surface area contributed by atoms with Crippen LogP contribution in [0.2, 0.25) is 0 Å². The van der Waals surface area contributed by atoms with Gasteiger partial charge in [0.15, 0.2) is 0 Å². The summed E-state index contributed by atoms with van der Waals surface area (Å²) in [5, 5.41) is 14.0. The zero-order chi connectivity index (χ0) is 13.8. The molecule has 0 saturated heterocycles. The van der Waals surface area contributed by atoms with E-state index in [1.165, 1.54) is 12.3 Å². The van der Waals surface area contributed by atoms with E-state index in [0.29, 0.717) is 24.5 Å². The highest BCUT2D eigenvalue weighted by Gasteiger charge is 2.12. The van der Waals surface area contributed by atoms with Gasteiger partial charge in [0.2, 0.25) is 0 Å². The number of anilines is 2. The van der Waals surface area contributed by atoms with Crippen molar-refractivity contribution in [3.8, 4) is 0 Å². The summed E-state index contributed by atoms with van der Waals surface area (Å²) in [4.78, 5) is 1.67. The first-order valence-electron chi connectivity index (χ1n) is 5.98. The Morgan fingerprint density at radius 1 is 1.47 bits per heavy atom. The number of benzene rings is 1. The number of halogens is 1. The molecule has 1 aromatic carbocycles. The van der Waals surface area contributed by atoms with E-state index >= 15 is 0 Å². The lowest BCUT2D eigenvalue weighted by molar-refractivity contribution is 0.155. The Labute approximate surface area is 111 Å². The zero-order valence-corrected chi connectivity index (χ0v) is 10.7. The van der Waals surface area contributed by atoms with Crippen LogP contribution in [0.1, 0.15) is 0 Å². The molecule has 2 aromatic rings. The maximum absolute atomic E-state index is 13.6. The van der Waals surface area contributed by atoms with Gasteiger partial charge in [0.1, 0.15) is 5.82 Å². The fraction of sp³-hybridized carbons (Fsp3) is 0.308. The molecular weight excluding hydrogens is 247 g/mol. The van der Waals surface area contributed by atoms with Crippen LogP contribution >= 0.6 is 0 Å². The second kappa shape index (κ2) is 5.71. The van der Waals surface area contributed by atoms with Crippen LogP contribution in [0.15, 0.2) is 36.7 Å². The van der Waals surface area contributed by atoms with Crippen molar-refractivity contribution in [2.75, 3.05) is 24.2 Å². The maximum atomic E-state index is 13.6. The molecule has 1 heterocycles. The van der Waals surface area contributed by atoms with E-state index in [2.05, 4.69) is 5.10 Å². The molecule has 0 fully saturated rings. The van der Waals surface area contributed by atoms with Gasteiger partial charge in [0.25, 0.3) is 0 Å². The lowest BCUT2D eigenvalue weighted by Crippen LogP contribution is -2.32. The van der Waals surface area contributed by atoms with Crippen molar-refractivity contribution >= 4 is 11.4 Å². The number of aliphatic hydroxyl groups excluding tert-OH is 1. The normalized spacial score (nSPS) is 12.4. The molecule has 0 radical (unpaired) electrons. The smallest absolute Gasteiger partial charge is 0.146 e. The monoisotopic (exact) mass is 264 g/mol. The Balaban J connectivity index is 1.95. The van der Waals surface area contributed by atoms with Crippen LogP contribution in [-0.4, -0.2) is 34.6 Å². The van der Waals surface area contributed by atoms with E-state index in [1.807, 2.05) is 0 Å². The molecule has 0 spiro atoms. The first-order valence-corrected chi connectivity index (χ1v) is 5.98. The third-order valence-corrected chi connectivity index (χ3v) is 2.80. The molecule has 0 aliphatic carbocycles. The van der Waals surface area contributed by atoms with E-state index in [9.17, 15) is 9.50 Å². The highest BCUT2D eigenvalue weighted by molar-refractivity contribution is 5.46. The van der Waals surface area contributed by atoms with E-state index in [0.717, 1.165) is 0 Å². The minimum absolute atomic E-state index is 0.305. The molecule has 0 aliphatic heterocycles. The lowest BCUT2D eigenvalue weighted by atomic mass is 10.2. The maximum Gasteiger partial charge on any atom is 0.146 e. The Morgan fingerprint density at radius 3 is 2.84 bits per heavy atom. The summed E-state index contributed by atoms with van der Waals surface area (Å²) in [5.74, 6) is -0.305. The van der Waals surface area contributed by atoms with Crippen LogP contribution in [0.25, 0.3) is 0 Å². The molecule has 0 amide bonds. The fourth-order valence-electron chi connectivity index (χ4n) is 1.93. The highest BCUT2D eigenvalue weighted by Crippen LogP contribution is 2.17. The summed E-state index contributed by atoms with van der Waals surface area (Å²) < 4.78 is 15.1. The summed E-state index contributed by atoms with van der Waals surface area (Å²) in [7, 11) is 1.74. The quantitative estimate of drug-likeness (QED) is 0.848. The molecule has 0 aliphatic rings. The van der Waals surface area contributed by atoms with Crippen LogP contribution in [0.3, 0.4) is 0 Å². The third kappa shape index (κ3) is 3.45. The van der Waals surface area contributed by atoms with E-state index in [1.54, 1.807) is 41.0 Å². The first-order chi connectivity index (χ1) is 9.06. The van der Waals surface area contributed by atoms with Gasteiger partial charge in [-0.2, -0.15) is 5.10 Å². The SMILES string of the molecule is CN(CC(O)Cn1cc(N)cn1)c1ccccc1F. The van der Waals surface area contributed by atoms with Gasteiger partial charge in [0.05, 0.1) is 30.2 Å². The Hall–Kier alpha value is -2.08. The van der Waals surface area contributed by atoms with Crippen molar-refractivity contribution in [2.24, 2.45) is 0 Å². The van der Waals surface area contributed by atoms with E-state index in [4.69, 9.17) is 5.73 Å². The summed E-state index contributed by atoms with van der Waals surface area (Å²) in [6.45, 7) is 0.622. The van der Waals surface area contributed by atoms with Gasteiger partial charge in [-0.05, 0) is 12.1 Å². The second-order valence-corrected chi connectivity index (χ2v) is 4.48. The number of hydrogen-bond donors (Lipinski definition) is 2. The zero-order valence-electron chi connectivity index (χ0n) is 10.7. The molecule has 1 aromatic heterocycles. The molecule has 2 rings (SSSR count). The number of hydrogen-bond acceptors (Lipinski definition) is 4. The number of aromatic nitrogens is 2. The van der Waals surface area contributed by atoms with Gasteiger partial charge in [-0.15, -0.1) is 0 Å². The molecule has 0 saturated carbocycles. The van der Waals surface area contributed by atoms with Crippen LogP contribution in [0, 0.1) is 5.82 Å². The predicted molar refractivity (Wildman–Crippen MR) is 72.3 cm³/mol. The van der Waals surface area contributed by atoms with Crippen molar-refractivity contribution in [3.05, 3.63) is 42.5 Å². The highest BCUT2D eigenvalue weighted by atomic mass is 19.1. The standard InChI is InChI=1S/C13H17FN4O/c1-17(13-5-3-2-4-12(13)14)8-11(19)9-18-7-10(15)6-16-18/h2-7,11,19H,8-9,15H2,1H3. The first kappa shape index (κ1) is 13.4. The predicted octanol–water partition coefficient (Wildman–Crippen LogP) is 1.10. The van der Waals surface area contributed by atoms with Gasteiger partial charge in [0, 0.05) is 19.8 Å². The van der Waals surface area contributed by atoms with E-state index < -0.39 is 6.10 Å². The number of nitrogen functional groups attached to an aromatic ring is 1. The Kier molecular flexibility index (Phi) is 4.01. The molecule has 102 valence electrons. The Morgan fingerprint density at radius 2 is 2.21 bits per heavy atom. The molecule has 1 unspecified atom stereocenters. The van der Waals surface area contributed by atoms with Gasteiger partial charge in [-0.3, -0.25) is 4.68 Å². The van der Waals surface area contributed by atoms with Crippen molar-refractivity contribution in [1.82, 2.24) is 9.78 Å². The summed E-state index contributed by atoms with van der Waals surface area (Å²) in [6, 6.07) is 6.46. The summed E-state index contributed by atoms with van der Waals surface area (Å²) >= 11 is 0. The van der Waals surface area contributed by atoms with Gasteiger partial charge >= 0.3 is 0 Å². The van der Waals surface area contributed by atoms with Crippen LogP contribution in [0.4, 0.5) is 15.8 Å². The van der Waals surface area contributed by atoms with Crippen molar-refractivity contribution in [1.29, 1.82) is 0 Å². The summed E-state index contributed by atoms with van der Waals surface area (Å²) in [6.07, 6.45) is 2.50. The third-order valence-electron chi connectivity index (χ3n) is 2.80. The molecule has 0 bridgehead atoms. The van der Waals surface area contributed by atoms with Crippen LogP contribution < -0.4 is 10.6 Å². The minimum Gasteiger partial charge on any atom is -0.396 e.